The van der Waals surface area contributed by atoms with E-state index < -0.39 is 5.60 Å². The highest BCUT2D eigenvalue weighted by atomic mass is 16.3. The molecule has 1 atom stereocenters. The quantitative estimate of drug-likeness (QED) is 0.799. The molecular formula is C12H18O2. The number of furan rings is 1. The van der Waals surface area contributed by atoms with E-state index in [0.717, 1.165) is 18.1 Å². The van der Waals surface area contributed by atoms with E-state index in [9.17, 15) is 5.11 Å². The van der Waals surface area contributed by atoms with Crippen LogP contribution in [0.1, 0.15) is 38.4 Å². The smallest absolute Gasteiger partial charge is 0.106 e. The molecule has 1 N–H and O–H groups in total. The molecule has 0 amide bonds. The van der Waals surface area contributed by atoms with Gasteiger partial charge in [0, 0.05) is 6.42 Å². The van der Waals surface area contributed by atoms with Gasteiger partial charge >= 0.3 is 0 Å². The first kappa shape index (κ1) is 9.78. The molecule has 2 heteroatoms. The standard InChI is InChI=1S/C12H18O2/c1-12(13,8-10-4-2-5-10)9-11-6-3-7-14-11/h3,6-7,10,13H,2,4-5,8-9H2,1H3. The van der Waals surface area contributed by atoms with Gasteiger partial charge in [0.05, 0.1) is 11.9 Å². The zero-order chi connectivity index (χ0) is 10.0. The lowest BCUT2D eigenvalue weighted by atomic mass is 9.77. The molecule has 14 heavy (non-hydrogen) atoms. The summed E-state index contributed by atoms with van der Waals surface area (Å²) < 4.78 is 5.24. The Morgan fingerprint density at radius 1 is 1.57 bits per heavy atom. The Kier molecular flexibility index (Phi) is 2.64. The van der Waals surface area contributed by atoms with Gasteiger partial charge in [0.25, 0.3) is 0 Å². The van der Waals surface area contributed by atoms with E-state index in [2.05, 4.69) is 0 Å². The van der Waals surface area contributed by atoms with Crippen molar-refractivity contribution < 1.29 is 9.52 Å². The van der Waals surface area contributed by atoms with Crippen molar-refractivity contribution in [2.24, 2.45) is 5.92 Å². The highest BCUT2D eigenvalue weighted by Crippen LogP contribution is 2.34. The number of hydrogen-bond acceptors (Lipinski definition) is 2. The molecular weight excluding hydrogens is 176 g/mol. The van der Waals surface area contributed by atoms with Crippen LogP contribution in [0, 0.1) is 5.92 Å². The molecule has 1 aromatic rings. The molecule has 1 heterocycles. The largest absolute Gasteiger partial charge is 0.469 e. The van der Waals surface area contributed by atoms with Crippen molar-refractivity contribution in [1.82, 2.24) is 0 Å². The molecule has 1 aromatic heterocycles. The zero-order valence-corrected chi connectivity index (χ0v) is 8.70. The molecule has 1 unspecified atom stereocenters. The second-order valence-electron chi connectivity index (χ2n) is 4.75. The Morgan fingerprint density at radius 3 is 2.86 bits per heavy atom. The van der Waals surface area contributed by atoms with Crippen LogP contribution in [-0.2, 0) is 6.42 Å². The molecule has 1 aliphatic rings. The predicted octanol–water partition coefficient (Wildman–Crippen LogP) is 2.76. The van der Waals surface area contributed by atoms with Gasteiger partial charge < -0.3 is 9.52 Å². The molecule has 0 bridgehead atoms. The zero-order valence-electron chi connectivity index (χ0n) is 8.70. The number of aliphatic hydroxyl groups is 1. The Labute approximate surface area is 84.9 Å². The minimum Gasteiger partial charge on any atom is -0.469 e. The molecule has 1 saturated carbocycles. The van der Waals surface area contributed by atoms with Gasteiger partial charge in [-0.1, -0.05) is 19.3 Å². The lowest BCUT2D eigenvalue weighted by Gasteiger charge is -2.32. The van der Waals surface area contributed by atoms with Gasteiger partial charge in [-0.15, -0.1) is 0 Å². The van der Waals surface area contributed by atoms with Crippen molar-refractivity contribution in [2.75, 3.05) is 0 Å². The molecule has 0 spiro atoms. The summed E-state index contributed by atoms with van der Waals surface area (Å²) in [7, 11) is 0. The van der Waals surface area contributed by atoms with Crippen molar-refractivity contribution in [3.63, 3.8) is 0 Å². The van der Waals surface area contributed by atoms with E-state index in [1.54, 1.807) is 6.26 Å². The lowest BCUT2D eigenvalue weighted by molar-refractivity contribution is 0.0163. The van der Waals surface area contributed by atoms with Gasteiger partial charge in [-0.3, -0.25) is 0 Å². The summed E-state index contributed by atoms with van der Waals surface area (Å²) in [6.45, 7) is 1.91. The van der Waals surface area contributed by atoms with Crippen molar-refractivity contribution in [1.29, 1.82) is 0 Å². The number of rotatable bonds is 4. The fraction of sp³-hybridized carbons (Fsp3) is 0.667. The minimum atomic E-state index is -0.594. The van der Waals surface area contributed by atoms with Gasteiger partial charge in [0.1, 0.15) is 5.76 Å². The molecule has 1 fully saturated rings. The topological polar surface area (TPSA) is 33.4 Å². The predicted molar refractivity (Wildman–Crippen MR) is 55.0 cm³/mol. The fourth-order valence-electron chi connectivity index (χ4n) is 2.18. The van der Waals surface area contributed by atoms with E-state index >= 15 is 0 Å². The van der Waals surface area contributed by atoms with Crippen LogP contribution >= 0.6 is 0 Å². The molecule has 0 saturated heterocycles. The van der Waals surface area contributed by atoms with E-state index in [4.69, 9.17) is 4.42 Å². The first-order valence-electron chi connectivity index (χ1n) is 5.40. The van der Waals surface area contributed by atoms with Crippen molar-refractivity contribution >= 4 is 0 Å². The van der Waals surface area contributed by atoms with Gasteiger partial charge in [0.2, 0.25) is 0 Å². The summed E-state index contributed by atoms with van der Waals surface area (Å²) in [5.41, 5.74) is -0.594. The highest BCUT2D eigenvalue weighted by molar-refractivity contribution is 5.02. The van der Waals surface area contributed by atoms with Crippen molar-refractivity contribution in [3.05, 3.63) is 24.2 Å². The summed E-state index contributed by atoms with van der Waals surface area (Å²) in [6, 6.07) is 3.80. The second-order valence-corrected chi connectivity index (χ2v) is 4.75. The molecule has 78 valence electrons. The van der Waals surface area contributed by atoms with E-state index in [1.165, 1.54) is 19.3 Å². The third-order valence-electron chi connectivity index (χ3n) is 3.09. The average molecular weight is 194 g/mol. The van der Waals surface area contributed by atoms with Crippen LogP contribution in [0.25, 0.3) is 0 Å². The molecule has 2 rings (SSSR count). The third kappa shape index (κ3) is 2.38. The molecule has 1 aliphatic carbocycles. The molecule has 2 nitrogen and oxygen atoms in total. The summed E-state index contributed by atoms with van der Waals surface area (Å²) >= 11 is 0. The van der Waals surface area contributed by atoms with Crippen LogP contribution in [0.15, 0.2) is 22.8 Å². The summed E-state index contributed by atoms with van der Waals surface area (Å²) in [5.74, 6) is 1.62. The second kappa shape index (κ2) is 3.77. The summed E-state index contributed by atoms with van der Waals surface area (Å²) in [6.07, 6.45) is 7.11. The van der Waals surface area contributed by atoms with Crippen molar-refractivity contribution in [2.45, 2.75) is 44.6 Å². The van der Waals surface area contributed by atoms with Crippen LogP contribution < -0.4 is 0 Å². The maximum absolute atomic E-state index is 10.2. The van der Waals surface area contributed by atoms with Crippen LogP contribution in [0.4, 0.5) is 0 Å². The Hall–Kier alpha value is -0.760. The number of hydrogen-bond donors (Lipinski definition) is 1. The molecule has 0 radical (unpaired) electrons. The normalized spacial score (nSPS) is 21.6. The van der Waals surface area contributed by atoms with Crippen LogP contribution in [0.2, 0.25) is 0 Å². The fourth-order valence-corrected chi connectivity index (χ4v) is 2.18. The van der Waals surface area contributed by atoms with Gasteiger partial charge in [-0.2, -0.15) is 0 Å². The first-order valence-corrected chi connectivity index (χ1v) is 5.40. The monoisotopic (exact) mass is 194 g/mol. The highest BCUT2D eigenvalue weighted by Gasteiger charge is 2.29. The lowest BCUT2D eigenvalue weighted by Crippen LogP contribution is -2.32. The summed E-state index contributed by atoms with van der Waals surface area (Å²) in [4.78, 5) is 0. The van der Waals surface area contributed by atoms with Crippen LogP contribution in [0.5, 0.6) is 0 Å². The third-order valence-corrected chi connectivity index (χ3v) is 3.09. The minimum absolute atomic E-state index is 0.594. The molecule has 0 aliphatic heterocycles. The van der Waals surface area contributed by atoms with Gasteiger partial charge in [0.15, 0.2) is 0 Å². The Morgan fingerprint density at radius 2 is 2.36 bits per heavy atom. The Bertz CT molecular complexity index is 271. The van der Waals surface area contributed by atoms with E-state index in [-0.39, 0.29) is 0 Å². The Balaban J connectivity index is 1.87. The average Bonchev–Trinajstić information content (AvgIpc) is 2.49. The van der Waals surface area contributed by atoms with Gasteiger partial charge in [-0.05, 0) is 31.4 Å². The maximum Gasteiger partial charge on any atom is 0.106 e. The van der Waals surface area contributed by atoms with E-state index in [1.807, 2.05) is 19.1 Å². The van der Waals surface area contributed by atoms with Gasteiger partial charge in [-0.25, -0.2) is 0 Å². The summed E-state index contributed by atoms with van der Waals surface area (Å²) in [5, 5.41) is 10.2. The van der Waals surface area contributed by atoms with Crippen LogP contribution in [0.3, 0.4) is 0 Å². The molecule has 0 aromatic carbocycles. The SMILES string of the molecule is CC(O)(Cc1ccco1)CC1CCC1. The van der Waals surface area contributed by atoms with Crippen LogP contribution in [-0.4, -0.2) is 10.7 Å². The van der Waals surface area contributed by atoms with E-state index in [0.29, 0.717) is 6.42 Å². The maximum atomic E-state index is 10.2. The van der Waals surface area contributed by atoms with Crippen molar-refractivity contribution in [3.8, 4) is 0 Å². The first-order chi connectivity index (χ1) is 6.66.